The van der Waals surface area contributed by atoms with Crippen molar-refractivity contribution in [1.82, 2.24) is 0 Å². The lowest BCUT2D eigenvalue weighted by atomic mass is 10.2. The van der Waals surface area contributed by atoms with Crippen LogP contribution in [0, 0.1) is 18.3 Å². The maximum atomic E-state index is 8.62. The van der Waals surface area contributed by atoms with Gasteiger partial charge in [-0.15, -0.1) is 0 Å². The maximum Gasteiger partial charge on any atom is 0.204 e. The standard InChI is InChI=1S/C10H6ClNO/c1-6-2-8(11)3-7-4-9(5-12)13-10(6)7/h2-4H,1H3. The molecule has 0 spiro atoms. The highest BCUT2D eigenvalue weighted by Crippen LogP contribution is 2.26. The lowest BCUT2D eigenvalue weighted by molar-refractivity contribution is 0.597. The summed E-state index contributed by atoms with van der Waals surface area (Å²) in [5.74, 6) is 0.320. The van der Waals surface area contributed by atoms with Gasteiger partial charge in [-0.25, -0.2) is 0 Å². The summed E-state index contributed by atoms with van der Waals surface area (Å²) >= 11 is 5.85. The number of benzene rings is 1. The van der Waals surface area contributed by atoms with Gasteiger partial charge in [0.1, 0.15) is 11.7 Å². The predicted octanol–water partition coefficient (Wildman–Crippen LogP) is 3.27. The molecular formula is C10H6ClNO. The van der Waals surface area contributed by atoms with Crippen LogP contribution in [0.15, 0.2) is 22.6 Å². The number of aryl methyl sites for hydroxylation is 1. The van der Waals surface area contributed by atoms with E-state index < -0.39 is 0 Å². The molecule has 64 valence electrons. The lowest BCUT2D eigenvalue weighted by Crippen LogP contribution is -1.72. The topological polar surface area (TPSA) is 36.9 Å². The number of hydrogen-bond acceptors (Lipinski definition) is 2. The Balaban J connectivity index is 2.84. The number of furan rings is 1. The van der Waals surface area contributed by atoms with Crippen molar-refractivity contribution < 1.29 is 4.42 Å². The average molecular weight is 192 g/mol. The highest BCUT2D eigenvalue weighted by atomic mass is 35.5. The first kappa shape index (κ1) is 8.15. The summed E-state index contributed by atoms with van der Waals surface area (Å²) in [6.45, 7) is 1.90. The van der Waals surface area contributed by atoms with Crippen LogP contribution in [0.1, 0.15) is 11.3 Å². The number of nitrogens with zero attached hydrogens (tertiary/aromatic N) is 1. The molecule has 0 amide bonds. The molecule has 13 heavy (non-hydrogen) atoms. The van der Waals surface area contributed by atoms with Crippen molar-refractivity contribution in [2.45, 2.75) is 6.92 Å². The van der Waals surface area contributed by atoms with Crippen LogP contribution in [-0.2, 0) is 0 Å². The second kappa shape index (κ2) is 2.79. The Morgan fingerprint density at radius 2 is 2.15 bits per heavy atom. The number of fused-ring (bicyclic) bond motifs is 1. The minimum absolute atomic E-state index is 0.320. The molecule has 2 nitrogen and oxygen atoms in total. The van der Waals surface area contributed by atoms with Gasteiger partial charge < -0.3 is 4.42 Å². The lowest BCUT2D eigenvalue weighted by Gasteiger charge is -1.94. The van der Waals surface area contributed by atoms with Gasteiger partial charge >= 0.3 is 0 Å². The molecule has 0 aliphatic rings. The van der Waals surface area contributed by atoms with E-state index in [1.807, 2.05) is 19.1 Å². The van der Waals surface area contributed by atoms with Gasteiger partial charge in [0.15, 0.2) is 0 Å². The number of nitriles is 1. The molecule has 1 heterocycles. The molecular weight excluding hydrogens is 186 g/mol. The number of hydrogen-bond donors (Lipinski definition) is 0. The van der Waals surface area contributed by atoms with Gasteiger partial charge in [0.2, 0.25) is 5.76 Å². The van der Waals surface area contributed by atoms with Gasteiger partial charge in [0, 0.05) is 16.5 Å². The summed E-state index contributed by atoms with van der Waals surface area (Å²) in [5, 5.41) is 10.2. The molecule has 0 saturated heterocycles. The van der Waals surface area contributed by atoms with Crippen LogP contribution in [0.25, 0.3) is 11.0 Å². The fourth-order valence-corrected chi connectivity index (χ4v) is 1.62. The zero-order valence-electron chi connectivity index (χ0n) is 6.97. The molecule has 0 saturated carbocycles. The molecule has 0 radical (unpaired) electrons. The Morgan fingerprint density at radius 1 is 1.38 bits per heavy atom. The first-order valence-electron chi connectivity index (χ1n) is 3.80. The first-order valence-corrected chi connectivity index (χ1v) is 4.18. The largest absolute Gasteiger partial charge is 0.445 e. The minimum Gasteiger partial charge on any atom is -0.445 e. The Morgan fingerprint density at radius 3 is 2.85 bits per heavy atom. The monoisotopic (exact) mass is 191 g/mol. The van der Waals surface area contributed by atoms with Gasteiger partial charge in [-0.1, -0.05) is 11.6 Å². The summed E-state index contributed by atoms with van der Waals surface area (Å²) in [5.41, 5.74) is 1.69. The fraction of sp³-hybridized carbons (Fsp3) is 0.100. The van der Waals surface area contributed by atoms with Gasteiger partial charge in [0.25, 0.3) is 0 Å². The van der Waals surface area contributed by atoms with E-state index >= 15 is 0 Å². The van der Waals surface area contributed by atoms with Gasteiger partial charge in [0.05, 0.1) is 0 Å². The summed E-state index contributed by atoms with van der Waals surface area (Å²) in [6.07, 6.45) is 0. The molecule has 3 heteroatoms. The first-order chi connectivity index (χ1) is 6.20. The molecule has 0 aliphatic heterocycles. The highest BCUT2D eigenvalue weighted by Gasteiger charge is 2.06. The van der Waals surface area contributed by atoms with Crippen LogP contribution < -0.4 is 0 Å². The molecule has 0 N–H and O–H groups in total. The summed E-state index contributed by atoms with van der Waals surface area (Å²) in [7, 11) is 0. The van der Waals surface area contributed by atoms with E-state index in [1.54, 1.807) is 12.1 Å². The average Bonchev–Trinajstić information content (AvgIpc) is 2.47. The van der Waals surface area contributed by atoms with Crippen molar-refractivity contribution in [2.24, 2.45) is 0 Å². The molecule has 0 aliphatic carbocycles. The van der Waals surface area contributed by atoms with Crippen LogP contribution in [0.5, 0.6) is 0 Å². The minimum atomic E-state index is 0.320. The van der Waals surface area contributed by atoms with Crippen molar-refractivity contribution in [1.29, 1.82) is 5.26 Å². The van der Waals surface area contributed by atoms with Crippen LogP contribution in [0.3, 0.4) is 0 Å². The second-order valence-electron chi connectivity index (χ2n) is 2.86. The molecule has 0 atom stereocenters. The highest BCUT2D eigenvalue weighted by molar-refractivity contribution is 6.31. The van der Waals surface area contributed by atoms with Gasteiger partial charge in [-0.3, -0.25) is 0 Å². The van der Waals surface area contributed by atoms with Crippen molar-refractivity contribution in [2.75, 3.05) is 0 Å². The maximum absolute atomic E-state index is 8.62. The number of halogens is 1. The van der Waals surface area contributed by atoms with Crippen LogP contribution in [0.4, 0.5) is 0 Å². The zero-order chi connectivity index (χ0) is 9.42. The normalized spacial score (nSPS) is 10.2. The molecule has 0 bridgehead atoms. The Bertz CT molecular complexity index is 507. The third kappa shape index (κ3) is 1.28. The van der Waals surface area contributed by atoms with Crippen molar-refractivity contribution in [3.63, 3.8) is 0 Å². The molecule has 0 unspecified atom stereocenters. The third-order valence-electron chi connectivity index (χ3n) is 1.88. The third-order valence-corrected chi connectivity index (χ3v) is 2.10. The smallest absolute Gasteiger partial charge is 0.204 e. The SMILES string of the molecule is Cc1cc(Cl)cc2cc(C#N)oc12. The Kier molecular flexibility index (Phi) is 1.75. The van der Waals surface area contributed by atoms with Crippen LogP contribution in [-0.4, -0.2) is 0 Å². The van der Waals surface area contributed by atoms with Crippen LogP contribution in [0.2, 0.25) is 5.02 Å². The summed E-state index contributed by atoms with van der Waals surface area (Å²) in [6, 6.07) is 7.24. The summed E-state index contributed by atoms with van der Waals surface area (Å²) in [4.78, 5) is 0. The Hall–Kier alpha value is -1.46. The van der Waals surface area contributed by atoms with E-state index in [0.717, 1.165) is 16.5 Å². The van der Waals surface area contributed by atoms with Gasteiger partial charge in [-0.05, 0) is 24.6 Å². The van der Waals surface area contributed by atoms with E-state index in [2.05, 4.69) is 0 Å². The number of rotatable bonds is 0. The van der Waals surface area contributed by atoms with E-state index in [1.165, 1.54) is 0 Å². The van der Waals surface area contributed by atoms with Crippen LogP contribution >= 0.6 is 11.6 Å². The fourth-order valence-electron chi connectivity index (χ4n) is 1.34. The molecule has 2 aromatic rings. The molecule has 0 fully saturated rings. The molecule has 1 aromatic carbocycles. The van der Waals surface area contributed by atoms with Gasteiger partial charge in [-0.2, -0.15) is 5.26 Å². The predicted molar refractivity (Wildman–Crippen MR) is 50.7 cm³/mol. The zero-order valence-corrected chi connectivity index (χ0v) is 7.72. The van der Waals surface area contributed by atoms with E-state index in [4.69, 9.17) is 21.3 Å². The van der Waals surface area contributed by atoms with E-state index in [-0.39, 0.29) is 0 Å². The quantitative estimate of drug-likeness (QED) is 0.641. The van der Waals surface area contributed by atoms with E-state index in [0.29, 0.717) is 10.8 Å². The van der Waals surface area contributed by atoms with Crippen molar-refractivity contribution in [3.8, 4) is 6.07 Å². The van der Waals surface area contributed by atoms with E-state index in [9.17, 15) is 0 Å². The van der Waals surface area contributed by atoms with Crippen molar-refractivity contribution in [3.05, 3.63) is 34.5 Å². The Labute approximate surface area is 80.3 Å². The molecule has 1 aromatic heterocycles. The van der Waals surface area contributed by atoms with Crippen molar-refractivity contribution >= 4 is 22.6 Å². The molecule has 2 rings (SSSR count). The summed E-state index contributed by atoms with van der Waals surface area (Å²) < 4.78 is 5.28. The second-order valence-corrected chi connectivity index (χ2v) is 3.30.